The smallest absolute Gasteiger partial charge is 0.493 e. The van der Waals surface area contributed by atoms with E-state index in [9.17, 15) is 17.3 Å². The lowest BCUT2D eigenvalue weighted by Crippen LogP contribution is -2.11. The van der Waals surface area contributed by atoms with Crippen molar-refractivity contribution in [2.75, 3.05) is 6.61 Å². The molecule has 0 atom stereocenters. The summed E-state index contributed by atoms with van der Waals surface area (Å²) in [5, 5.41) is 0. The third kappa shape index (κ3) is 4.18. The van der Waals surface area contributed by atoms with Gasteiger partial charge in [-0.25, -0.2) is 0 Å². The van der Waals surface area contributed by atoms with Crippen LogP contribution in [0.2, 0.25) is 0 Å². The van der Waals surface area contributed by atoms with Crippen LogP contribution in [0.4, 0.5) is 17.3 Å². The Labute approximate surface area is 167 Å². The number of benzene rings is 3. The van der Waals surface area contributed by atoms with Crippen LogP contribution in [0.15, 0.2) is 91.2 Å². The molecule has 0 saturated heterocycles. The van der Waals surface area contributed by atoms with Crippen LogP contribution in [0, 0.1) is 0 Å². The van der Waals surface area contributed by atoms with Gasteiger partial charge in [0.1, 0.15) is 16.6 Å². The molecule has 28 heavy (non-hydrogen) atoms. The van der Waals surface area contributed by atoms with Crippen molar-refractivity contribution in [3.05, 3.63) is 72.3 Å². The third-order valence-electron chi connectivity index (χ3n) is 4.25. The van der Waals surface area contributed by atoms with Crippen LogP contribution in [-0.2, 0) is 17.3 Å². The fourth-order valence-electron chi connectivity index (χ4n) is 3.19. The van der Waals surface area contributed by atoms with Gasteiger partial charge in [-0.15, -0.1) is 0 Å². The molecular weight excluding hydrogens is 407 g/mol. The van der Waals surface area contributed by atoms with Crippen LogP contribution in [0.5, 0.6) is 5.75 Å². The highest BCUT2D eigenvalue weighted by Crippen LogP contribution is 2.48. The quantitative estimate of drug-likeness (QED) is 0.197. The Morgan fingerprint density at radius 3 is 2.00 bits per heavy atom. The second kappa shape index (κ2) is 7.76. The summed E-state index contributed by atoms with van der Waals surface area (Å²) in [6, 6.07) is 24.4. The highest BCUT2D eigenvalue weighted by Gasteiger charge is 2.38. The van der Waals surface area contributed by atoms with Crippen LogP contribution in [0.1, 0.15) is 5.56 Å². The Hall–Kier alpha value is -2.06. The van der Waals surface area contributed by atoms with E-state index in [-0.39, 0.29) is 10.9 Å². The maximum Gasteiger partial charge on any atom is 0.673 e. The summed E-state index contributed by atoms with van der Waals surface area (Å²) < 4.78 is 44.7. The first-order chi connectivity index (χ1) is 13.4. The van der Waals surface area contributed by atoms with Gasteiger partial charge in [-0.05, 0) is 36.4 Å². The largest absolute Gasteiger partial charge is 0.673 e. The molecule has 0 aromatic heterocycles. The molecule has 144 valence electrons. The summed E-state index contributed by atoms with van der Waals surface area (Å²) in [6.45, 7) is 0.815. The minimum atomic E-state index is -6.00. The molecule has 0 N–H and O–H groups in total. The van der Waals surface area contributed by atoms with Gasteiger partial charge in [0, 0.05) is 18.1 Å². The molecule has 1 nitrogen and oxygen atoms in total. The number of rotatable bonds is 1. The SMILES string of the molecule is F[B-](F)(F)F.c1ccc2c(c1)Sc1ccccc1[S+]2c1ccc2c(c1)CCO2. The molecule has 0 unspecified atom stereocenters. The van der Waals surface area contributed by atoms with Crippen molar-refractivity contribution in [3.8, 4) is 5.75 Å². The molecule has 0 fully saturated rings. The molecule has 0 saturated carbocycles. The van der Waals surface area contributed by atoms with Crippen molar-refractivity contribution in [3.63, 3.8) is 0 Å². The topological polar surface area (TPSA) is 9.23 Å². The zero-order valence-electron chi connectivity index (χ0n) is 14.6. The molecule has 3 aromatic carbocycles. The highest BCUT2D eigenvalue weighted by molar-refractivity contribution is 8.04. The van der Waals surface area contributed by atoms with Crippen molar-refractivity contribution in [2.24, 2.45) is 0 Å². The summed E-state index contributed by atoms with van der Waals surface area (Å²) in [6.07, 6.45) is 1.03. The van der Waals surface area contributed by atoms with E-state index in [1.165, 1.54) is 30.0 Å². The van der Waals surface area contributed by atoms with Crippen molar-refractivity contribution in [2.45, 2.75) is 30.9 Å². The summed E-state index contributed by atoms with van der Waals surface area (Å²) in [4.78, 5) is 7.04. The molecule has 8 heteroatoms. The van der Waals surface area contributed by atoms with Gasteiger partial charge in [0.05, 0.1) is 16.4 Å². The van der Waals surface area contributed by atoms with Crippen molar-refractivity contribution in [1.29, 1.82) is 0 Å². The van der Waals surface area contributed by atoms with Crippen LogP contribution >= 0.6 is 11.8 Å². The second-order valence-electron chi connectivity index (χ2n) is 6.16. The average Bonchev–Trinajstić information content (AvgIpc) is 3.12. The molecule has 0 bridgehead atoms. The van der Waals surface area contributed by atoms with Crippen LogP contribution in [0.3, 0.4) is 0 Å². The molecule has 2 heterocycles. The Balaban J connectivity index is 0.000000346. The fraction of sp³-hybridized carbons (Fsp3) is 0.100. The predicted molar refractivity (Wildman–Crippen MR) is 105 cm³/mol. The van der Waals surface area contributed by atoms with E-state index in [4.69, 9.17) is 4.74 Å². The molecule has 0 radical (unpaired) electrons. The molecule has 0 spiro atoms. The first-order valence-corrected chi connectivity index (χ1v) is 10.7. The molecule has 0 amide bonds. The lowest BCUT2D eigenvalue weighted by Gasteiger charge is -2.19. The summed E-state index contributed by atoms with van der Waals surface area (Å²) in [5.41, 5.74) is 1.35. The second-order valence-corrected chi connectivity index (χ2v) is 9.21. The van der Waals surface area contributed by atoms with Gasteiger partial charge in [0.25, 0.3) is 0 Å². The maximum atomic E-state index is 9.75. The summed E-state index contributed by atoms with van der Waals surface area (Å²) >= 11 is 1.89. The minimum absolute atomic E-state index is 0.0267. The van der Waals surface area contributed by atoms with Crippen molar-refractivity contribution >= 4 is 29.9 Å². The van der Waals surface area contributed by atoms with Crippen LogP contribution in [0.25, 0.3) is 0 Å². The predicted octanol–water partition coefficient (Wildman–Crippen LogP) is 6.48. The van der Waals surface area contributed by atoms with Crippen molar-refractivity contribution < 1.29 is 22.0 Å². The normalized spacial score (nSPS) is 14.9. The summed E-state index contributed by atoms with van der Waals surface area (Å²) in [7, 11) is -6.03. The lowest BCUT2D eigenvalue weighted by atomic mass is 10.2. The Bertz CT molecular complexity index is 958. The lowest BCUT2D eigenvalue weighted by molar-refractivity contribution is 0.356. The standard InChI is InChI=1S/C20H15OS2.BF4/c1-3-7-19-17(5-1)22-18-6-2-4-8-20(18)23(19)15-9-10-16-14(13-15)11-12-21-16;2-1(3,4)5/h1-10,13H,11-12H2;/q+1;-1. The average molecular weight is 422 g/mol. The molecule has 0 aliphatic carbocycles. The van der Waals surface area contributed by atoms with E-state index in [0.29, 0.717) is 0 Å². The van der Waals surface area contributed by atoms with Crippen LogP contribution < -0.4 is 4.74 Å². The summed E-state index contributed by atoms with van der Waals surface area (Å²) in [5.74, 6) is 1.06. The maximum absolute atomic E-state index is 9.75. The van der Waals surface area contributed by atoms with Crippen molar-refractivity contribution in [1.82, 2.24) is 0 Å². The first kappa shape index (κ1) is 19.3. The monoisotopic (exact) mass is 422 g/mol. The van der Waals surface area contributed by atoms with Gasteiger partial charge >= 0.3 is 7.25 Å². The zero-order chi connectivity index (χ0) is 19.7. The number of hydrogen-bond donors (Lipinski definition) is 0. The van der Waals surface area contributed by atoms with E-state index < -0.39 is 7.25 Å². The molecule has 5 rings (SSSR count). The van der Waals surface area contributed by atoms with Gasteiger partial charge in [0.2, 0.25) is 0 Å². The van der Waals surface area contributed by atoms with Gasteiger partial charge in [-0.1, -0.05) is 36.0 Å². The van der Waals surface area contributed by atoms with Gasteiger partial charge in [0.15, 0.2) is 14.7 Å². The van der Waals surface area contributed by atoms with E-state index >= 15 is 0 Å². The van der Waals surface area contributed by atoms with E-state index in [1.807, 2.05) is 11.8 Å². The minimum Gasteiger partial charge on any atom is -0.493 e. The van der Waals surface area contributed by atoms with Gasteiger partial charge < -0.3 is 22.0 Å². The van der Waals surface area contributed by atoms with Crippen LogP contribution in [-0.4, -0.2) is 13.9 Å². The Morgan fingerprint density at radius 1 is 0.821 bits per heavy atom. The first-order valence-electron chi connectivity index (χ1n) is 8.63. The number of fused-ring (bicyclic) bond motifs is 3. The molecular formula is C20H15BF4OS2. The Kier molecular flexibility index (Phi) is 5.34. The molecule has 2 aliphatic rings. The van der Waals surface area contributed by atoms with E-state index in [0.717, 1.165) is 18.8 Å². The molecule has 2 aliphatic heterocycles. The fourth-order valence-corrected chi connectivity index (χ4v) is 6.98. The van der Waals surface area contributed by atoms with E-state index in [1.54, 1.807) is 0 Å². The number of ether oxygens (including phenoxy) is 1. The third-order valence-corrected chi connectivity index (χ3v) is 7.98. The number of halogens is 4. The highest BCUT2D eigenvalue weighted by atomic mass is 32.2. The Morgan fingerprint density at radius 2 is 1.39 bits per heavy atom. The van der Waals surface area contributed by atoms with Gasteiger partial charge in [-0.3, -0.25) is 0 Å². The van der Waals surface area contributed by atoms with Gasteiger partial charge in [-0.2, -0.15) is 0 Å². The number of hydrogen-bond acceptors (Lipinski definition) is 2. The zero-order valence-corrected chi connectivity index (χ0v) is 16.2. The molecule has 3 aromatic rings. The van der Waals surface area contributed by atoms with E-state index in [2.05, 4.69) is 66.7 Å².